The molecular formula is C17H12N2O3. The third-order valence-corrected chi connectivity index (χ3v) is 3.31. The number of benzene rings is 3. The molecule has 0 radical (unpaired) electrons. The second-order valence-corrected chi connectivity index (χ2v) is 4.76. The summed E-state index contributed by atoms with van der Waals surface area (Å²) in [6.07, 6.45) is 1.58. The number of non-ortho nitro benzene ring substituents is 1. The standard InChI is InChI=1S/C17H12N2O3/c20-17-9-8-16(14-6-1-2-7-15(14)17)18-11-12-4-3-5-13(10-12)19(21)22/h1-11,20H/b18-11+. The van der Waals surface area contributed by atoms with Gasteiger partial charge < -0.3 is 5.11 Å². The first-order valence-electron chi connectivity index (χ1n) is 6.64. The fraction of sp³-hybridized carbons (Fsp3) is 0. The van der Waals surface area contributed by atoms with E-state index in [2.05, 4.69) is 4.99 Å². The summed E-state index contributed by atoms with van der Waals surface area (Å²) in [6.45, 7) is 0. The van der Waals surface area contributed by atoms with E-state index in [1.807, 2.05) is 24.3 Å². The summed E-state index contributed by atoms with van der Waals surface area (Å²) in [5.41, 5.74) is 1.37. The zero-order valence-electron chi connectivity index (χ0n) is 11.5. The van der Waals surface area contributed by atoms with Crippen molar-refractivity contribution in [2.45, 2.75) is 0 Å². The normalized spacial score (nSPS) is 11.1. The molecule has 5 nitrogen and oxygen atoms in total. The van der Waals surface area contributed by atoms with Crippen LogP contribution in [0.3, 0.4) is 0 Å². The first-order valence-corrected chi connectivity index (χ1v) is 6.64. The molecule has 0 aromatic heterocycles. The fourth-order valence-electron chi connectivity index (χ4n) is 2.24. The van der Waals surface area contributed by atoms with Gasteiger partial charge in [0.1, 0.15) is 5.75 Å². The molecule has 3 aromatic rings. The topological polar surface area (TPSA) is 75.7 Å². The van der Waals surface area contributed by atoms with Gasteiger partial charge in [-0.2, -0.15) is 0 Å². The van der Waals surface area contributed by atoms with Gasteiger partial charge in [-0.3, -0.25) is 15.1 Å². The molecular weight excluding hydrogens is 280 g/mol. The number of aliphatic imine (C=N–C) groups is 1. The number of phenols is 1. The van der Waals surface area contributed by atoms with Gasteiger partial charge in [-0.25, -0.2) is 0 Å². The van der Waals surface area contributed by atoms with E-state index in [1.54, 1.807) is 30.5 Å². The number of rotatable bonds is 3. The van der Waals surface area contributed by atoms with Gasteiger partial charge in [0.2, 0.25) is 0 Å². The Morgan fingerprint density at radius 2 is 1.77 bits per heavy atom. The van der Waals surface area contributed by atoms with Crippen LogP contribution in [0.15, 0.2) is 65.7 Å². The molecule has 0 amide bonds. The van der Waals surface area contributed by atoms with Gasteiger partial charge in [0.05, 0.1) is 10.6 Å². The van der Waals surface area contributed by atoms with Gasteiger partial charge in [-0.1, -0.05) is 36.4 Å². The summed E-state index contributed by atoms with van der Waals surface area (Å²) in [4.78, 5) is 14.7. The van der Waals surface area contributed by atoms with Crippen LogP contribution in [-0.4, -0.2) is 16.2 Å². The number of hydrogen-bond acceptors (Lipinski definition) is 4. The maximum absolute atomic E-state index is 10.8. The van der Waals surface area contributed by atoms with Crippen LogP contribution in [0.25, 0.3) is 10.8 Å². The second kappa shape index (κ2) is 5.65. The number of aromatic hydroxyl groups is 1. The van der Waals surface area contributed by atoms with Crippen LogP contribution in [0.4, 0.5) is 11.4 Å². The summed E-state index contributed by atoms with van der Waals surface area (Å²) in [5, 5.41) is 22.2. The van der Waals surface area contributed by atoms with Crippen molar-refractivity contribution in [3.05, 3.63) is 76.3 Å². The molecule has 1 N–H and O–H groups in total. The molecule has 22 heavy (non-hydrogen) atoms. The lowest BCUT2D eigenvalue weighted by molar-refractivity contribution is -0.384. The van der Waals surface area contributed by atoms with Crippen LogP contribution in [0.5, 0.6) is 5.75 Å². The van der Waals surface area contributed by atoms with Crippen molar-refractivity contribution >= 4 is 28.4 Å². The zero-order valence-corrected chi connectivity index (χ0v) is 11.5. The number of fused-ring (bicyclic) bond motifs is 1. The second-order valence-electron chi connectivity index (χ2n) is 4.76. The largest absolute Gasteiger partial charge is 0.507 e. The summed E-state index contributed by atoms with van der Waals surface area (Å²) in [5.74, 6) is 0.199. The maximum Gasteiger partial charge on any atom is 0.270 e. The lowest BCUT2D eigenvalue weighted by Crippen LogP contribution is -1.89. The van der Waals surface area contributed by atoms with E-state index in [0.717, 1.165) is 10.8 Å². The van der Waals surface area contributed by atoms with Gasteiger partial charge in [0.25, 0.3) is 5.69 Å². The molecule has 0 atom stereocenters. The summed E-state index contributed by atoms with van der Waals surface area (Å²) in [6, 6.07) is 17.0. The van der Waals surface area contributed by atoms with Gasteiger partial charge in [-0.05, 0) is 17.7 Å². The summed E-state index contributed by atoms with van der Waals surface area (Å²) >= 11 is 0. The SMILES string of the molecule is O=[N+]([O-])c1cccc(/C=N/c2ccc(O)c3ccccc23)c1. The highest BCUT2D eigenvalue weighted by atomic mass is 16.6. The van der Waals surface area contributed by atoms with E-state index < -0.39 is 4.92 Å². The molecule has 0 fully saturated rings. The minimum absolute atomic E-state index is 0.0273. The third-order valence-electron chi connectivity index (χ3n) is 3.31. The quantitative estimate of drug-likeness (QED) is 0.446. The Morgan fingerprint density at radius 3 is 2.55 bits per heavy atom. The molecule has 0 heterocycles. The molecule has 0 aliphatic carbocycles. The molecule has 5 heteroatoms. The number of nitrogens with zero attached hydrogens (tertiary/aromatic N) is 2. The predicted octanol–water partition coefficient (Wildman–Crippen LogP) is 4.20. The number of hydrogen-bond donors (Lipinski definition) is 1. The number of nitro groups is 1. The minimum Gasteiger partial charge on any atom is -0.507 e. The molecule has 3 rings (SSSR count). The van der Waals surface area contributed by atoms with Crippen LogP contribution in [0, 0.1) is 10.1 Å². The van der Waals surface area contributed by atoms with Gasteiger partial charge in [0.15, 0.2) is 0 Å². The Labute approximate surface area is 126 Å². The average Bonchev–Trinajstić information content (AvgIpc) is 2.55. The van der Waals surface area contributed by atoms with Crippen molar-refractivity contribution in [1.29, 1.82) is 0 Å². The van der Waals surface area contributed by atoms with Crippen molar-refractivity contribution in [1.82, 2.24) is 0 Å². The first kappa shape index (κ1) is 13.8. The highest BCUT2D eigenvalue weighted by molar-refractivity contribution is 5.98. The molecule has 0 unspecified atom stereocenters. The van der Waals surface area contributed by atoms with Crippen molar-refractivity contribution in [3.63, 3.8) is 0 Å². The molecule has 0 bridgehead atoms. The Hall–Kier alpha value is -3.21. The van der Waals surface area contributed by atoms with Crippen molar-refractivity contribution in [2.24, 2.45) is 4.99 Å². The Balaban J connectivity index is 2.01. The molecule has 0 saturated carbocycles. The van der Waals surface area contributed by atoms with Crippen LogP contribution in [-0.2, 0) is 0 Å². The average molecular weight is 292 g/mol. The Kier molecular flexibility index (Phi) is 3.53. The lowest BCUT2D eigenvalue weighted by atomic mass is 10.1. The van der Waals surface area contributed by atoms with E-state index in [4.69, 9.17) is 0 Å². The molecule has 0 aliphatic rings. The fourth-order valence-corrected chi connectivity index (χ4v) is 2.24. The van der Waals surface area contributed by atoms with E-state index in [-0.39, 0.29) is 11.4 Å². The number of phenolic OH excluding ortho intramolecular Hbond substituents is 1. The summed E-state index contributed by atoms with van der Waals surface area (Å²) in [7, 11) is 0. The van der Waals surface area contributed by atoms with Gasteiger partial charge >= 0.3 is 0 Å². The van der Waals surface area contributed by atoms with Crippen LogP contribution < -0.4 is 0 Å². The van der Waals surface area contributed by atoms with Gasteiger partial charge in [-0.15, -0.1) is 0 Å². The highest BCUT2D eigenvalue weighted by Crippen LogP contribution is 2.32. The monoisotopic (exact) mass is 292 g/mol. The van der Waals surface area contributed by atoms with Crippen LogP contribution >= 0.6 is 0 Å². The minimum atomic E-state index is -0.437. The summed E-state index contributed by atoms with van der Waals surface area (Å²) < 4.78 is 0. The van der Waals surface area contributed by atoms with E-state index in [9.17, 15) is 15.2 Å². The molecule has 0 spiro atoms. The maximum atomic E-state index is 10.8. The molecule has 0 saturated heterocycles. The Morgan fingerprint density at radius 1 is 1.00 bits per heavy atom. The van der Waals surface area contributed by atoms with Crippen LogP contribution in [0.2, 0.25) is 0 Å². The predicted molar refractivity (Wildman–Crippen MR) is 86.0 cm³/mol. The van der Waals surface area contributed by atoms with Crippen molar-refractivity contribution in [2.75, 3.05) is 0 Å². The van der Waals surface area contributed by atoms with Crippen LogP contribution in [0.1, 0.15) is 5.56 Å². The van der Waals surface area contributed by atoms with Crippen molar-refractivity contribution in [3.8, 4) is 5.75 Å². The molecule has 108 valence electrons. The third kappa shape index (κ3) is 2.64. The van der Waals surface area contributed by atoms with E-state index in [0.29, 0.717) is 11.3 Å². The van der Waals surface area contributed by atoms with E-state index >= 15 is 0 Å². The van der Waals surface area contributed by atoms with Crippen molar-refractivity contribution < 1.29 is 10.0 Å². The Bertz CT molecular complexity index is 888. The molecule has 3 aromatic carbocycles. The highest BCUT2D eigenvalue weighted by Gasteiger charge is 2.05. The first-order chi connectivity index (χ1) is 10.6. The van der Waals surface area contributed by atoms with E-state index in [1.165, 1.54) is 12.1 Å². The lowest BCUT2D eigenvalue weighted by Gasteiger charge is -2.04. The smallest absolute Gasteiger partial charge is 0.270 e. The molecule has 0 aliphatic heterocycles. The zero-order chi connectivity index (χ0) is 15.5. The number of nitro benzene ring substituents is 1. The van der Waals surface area contributed by atoms with Gasteiger partial charge in [0, 0.05) is 29.1 Å².